The number of hydrogen-bond acceptors (Lipinski definition) is 2. The third-order valence-corrected chi connectivity index (χ3v) is 1.87. The molecular weight excluding hydrogens is 156 g/mol. The van der Waals surface area contributed by atoms with Gasteiger partial charge in [0.2, 0.25) is 0 Å². The van der Waals surface area contributed by atoms with Crippen molar-refractivity contribution in [1.82, 2.24) is 0 Å². The highest BCUT2D eigenvalue weighted by molar-refractivity contribution is 5.89. The molecule has 2 rings (SSSR count). The maximum absolute atomic E-state index is 10.7. The number of hydrogen-bond donors (Lipinski definition) is 1. The summed E-state index contributed by atoms with van der Waals surface area (Å²) in [6.07, 6.45) is 0.0114. The first kappa shape index (κ1) is 7.31. The summed E-state index contributed by atoms with van der Waals surface area (Å²) < 4.78 is 5.02. The van der Waals surface area contributed by atoms with Crippen molar-refractivity contribution in [3.05, 3.63) is 35.4 Å². The summed E-state index contributed by atoms with van der Waals surface area (Å²) >= 11 is 0. The summed E-state index contributed by atoms with van der Waals surface area (Å²) in [6, 6.07) is 6.93. The summed E-state index contributed by atoms with van der Waals surface area (Å²) in [4.78, 5) is 10.7. The molecule has 1 aromatic rings. The van der Waals surface area contributed by atoms with E-state index in [4.69, 9.17) is 9.84 Å². The fourth-order valence-corrected chi connectivity index (χ4v) is 1.20. The standard InChI is InChI=1S/C9H8O3/c10-9(11)7-4-2-1-3-6(7)8-5-12-8/h1-4,8H,5H2,(H,10,11). The molecule has 0 aliphatic carbocycles. The van der Waals surface area contributed by atoms with E-state index in [0.29, 0.717) is 12.2 Å². The first-order valence-corrected chi connectivity index (χ1v) is 3.73. The third-order valence-electron chi connectivity index (χ3n) is 1.87. The van der Waals surface area contributed by atoms with E-state index in [0.717, 1.165) is 5.56 Å². The van der Waals surface area contributed by atoms with Gasteiger partial charge in [-0.05, 0) is 11.6 Å². The molecular formula is C9H8O3. The Morgan fingerprint density at radius 1 is 1.50 bits per heavy atom. The monoisotopic (exact) mass is 164 g/mol. The number of ether oxygens (including phenoxy) is 1. The van der Waals surface area contributed by atoms with Crippen LogP contribution in [0.15, 0.2) is 24.3 Å². The molecule has 3 nitrogen and oxygen atoms in total. The highest BCUT2D eigenvalue weighted by atomic mass is 16.6. The molecule has 0 bridgehead atoms. The minimum atomic E-state index is -0.888. The second-order valence-corrected chi connectivity index (χ2v) is 2.71. The molecule has 1 fully saturated rings. The molecule has 1 atom stereocenters. The van der Waals surface area contributed by atoms with Crippen LogP contribution in [0.4, 0.5) is 0 Å². The van der Waals surface area contributed by atoms with Gasteiger partial charge < -0.3 is 9.84 Å². The van der Waals surface area contributed by atoms with Crippen molar-refractivity contribution in [3.8, 4) is 0 Å². The number of carbonyl (C=O) groups is 1. The van der Waals surface area contributed by atoms with Crippen molar-refractivity contribution in [2.24, 2.45) is 0 Å². The molecule has 62 valence electrons. The number of carboxylic acid groups (broad SMARTS) is 1. The molecule has 1 aliphatic rings. The zero-order valence-electron chi connectivity index (χ0n) is 6.36. The Kier molecular flexibility index (Phi) is 1.59. The normalized spacial score (nSPS) is 20.5. The first-order valence-electron chi connectivity index (χ1n) is 3.73. The molecule has 1 saturated heterocycles. The van der Waals surface area contributed by atoms with E-state index in [1.165, 1.54) is 0 Å². The first-order chi connectivity index (χ1) is 5.79. The Bertz CT molecular complexity index is 315. The van der Waals surface area contributed by atoms with Gasteiger partial charge in [0.05, 0.1) is 12.2 Å². The minimum absolute atomic E-state index is 0.0114. The summed E-state index contributed by atoms with van der Waals surface area (Å²) in [7, 11) is 0. The van der Waals surface area contributed by atoms with Crippen LogP contribution in [0.1, 0.15) is 22.0 Å². The van der Waals surface area contributed by atoms with Crippen molar-refractivity contribution < 1.29 is 14.6 Å². The van der Waals surface area contributed by atoms with Crippen molar-refractivity contribution >= 4 is 5.97 Å². The maximum atomic E-state index is 10.7. The topological polar surface area (TPSA) is 49.8 Å². The van der Waals surface area contributed by atoms with Crippen LogP contribution in [0.25, 0.3) is 0 Å². The summed E-state index contributed by atoms with van der Waals surface area (Å²) in [5, 5.41) is 8.79. The smallest absolute Gasteiger partial charge is 0.336 e. The lowest BCUT2D eigenvalue weighted by Gasteiger charge is -2.00. The molecule has 0 saturated carbocycles. The maximum Gasteiger partial charge on any atom is 0.336 e. The van der Waals surface area contributed by atoms with Crippen molar-refractivity contribution in [3.63, 3.8) is 0 Å². The van der Waals surface area contributed by atoms with Gasteiger partial charge in [-0.2, -0.15) is 0 Å². The van der Waals surface area contributed by atoms with Crippen molar-refractivity contribution in [2.45, 2.75) is 6.10 Å². The zero-order chi connectivity index (χ0) is 8.55. The largest absolute Gasteiger partial charge is 0.478 e. The number of benzene rings is 1. The molecule has 12 heavy (non-hydrogen) atoms. The molecule has 0 radical (unpaired) electrons. The van der Waals surface area contributed by atoms with Crippen LogP contribution in [-0.2, 0) is 4.74 Å². The second kappa shape index (κ2) is 2.60. The average Bonchev–Trinajstić information content (AvgIpc) is 2.87. The molecule has 3 heteroatoms. The molecule has 0 amide bonds. The van der Waals surface area contributed by atoms with E-state index in [-0.39, 0.29) is 6.10 Å². The van der Waals surface area contributed by atoms with Gasteiger partial charge in [-0.25, -0.2) is 4.79 Å². The van der Waals surface area contributed by atoms with E-state index in [2.05, 4.69) is 0 Å². The molecule has 0 spiro atoms. The van der Waals surface area contributed by atoms with E-state index < -0.39 is 5.97 Å². The van der Waals surface area contributed by atoms with Crippen LogP contribution in [0.3, 0.4) is 0 Å². The van der Waals surface area contributed by atoms with E-state index in [1.807, 2.05) is 6.07 Å². The van der Waals surface area contributed by atoms with Gasteiger partial charge in [0.15, 0.2) is 0 Å². The lowest BCUT2D eigenvalue weighted by Crippen LogP contribution is -2.00. The summed E-state index contributed by atoms with van der Waals surface area (Å²) in [5.74, 6) is -0.888. The van der Waals surface area contributed by atoms with Gasteiger partial charge in [-0.1, -0.05) is 18.2 Å². The quantitative estimate of drug-likeness (QED) is 0.673. The Morgan fingerprint density at radius 3 is 2.75 bits per heavy atom. The average molecular weight is 164 g/mol. The number of epoxide rings is 1. The molecule has 0 aromatic heterocycles. The van der Waals surface area contributed by atoms with Crippen LogP contribution < -0.4 is 0 Å². The number of rotatable bonds is 2. The van der Waals surface area contributed by atoms with E-state index in [9.17, 15) is 4.79 Å². The van der Waals surface area contributed by atoms with Crippen LogP contribution in [0.2, 0.25) is 0 Å². The fraction of sp³-hybridized carbons (Fsp3) is 0.222. The van der Waals surface area contributed by atoms with Gasteiger partial charge in [0.1, 0.15) is 6.10 Å². The lowest BCUT2D eigenvalue weighted by molar-refractivity contribution is 0.0695. The molecule has 1 N–H and O–H groups in total. The predicted octanol–water partition coefficient (Wildman–Crippen LogP) is 1.46. The van der Waals surface area contributed by atoms with Crippen molar-refractivity contribution in [1.29, 1.82) is 0 Å². The predicted molar refractivity (Wildman–Crippen MR) is 42.1 cm³/mol. The van der Waals surface area contributed by atoms with Crippen molar-refractivity contribution in [2.75, 3.05) is 6.61 Å². The SMILES string of the molecule is O=C(O)c1ccccc1C1CO1. The number of carboxylic acids is 1. The fourth-order valence-electron chi connectivity index (χ4n) is 1.20. The van der Waals surface area contributed by atoms with E-state index >= 15 is 0 Å². The van der Waals surface area contributed by atoms with E-state index in [1.54, 1.807) is 18.2 Å². The highest BCUT2D eigenvalue weighted by Crippen LogP contribution is 2.31. The van der Waals surface area contributed by atoms with Gasteiger partial charge >= 0.3 is 5.97 Å². The van der Waals surface area contributed by atoms with Gasteiger partial charge in [0.25, 0.3) is 0 Å². The Labute approximate surface area is 69.6 Å². The van der Waals surface area contributed by atoms with Gasteiger partial charge in [0, 0.05) is 0 Å². The van der Waals surface area contributed by atoms with Crippen LogP contribution >= 0.6 is 0 Å². The van der Waals surface area contributed by atoms with Gasteiger partial charge in [-0.3, -0.25) is 0 Å². The molecule has 1 aromatic carbocycles. The Hall–Kier alpha value is -1.35. The highest BCUT2D eigenvalue weighted by Gasteiger charge is 2.28. The second-order valence-electron chi connectivity index (χ2n) is 2.71. The van der Waals surface area contributed by atoms with Crippen LogP contribution in [0.5, 0.6) is 0 Å². The molecule has 1 heterocycles. The van der Waals surface area contributed by atoms with Crippen LogP contribution in [0, 0.1) is 0 Å². The molecule has 1 aliphatic heterocycles. The lowest BCUT2D eigenvalue weighted by atomic mass is 10.1. The zero-order valence-corrected chi connectivity index (χ0v) is 6.36. The summed E-state index contributed by atoms with van der Waals surface area (Å²) in [5.41, 5.74) is 1.13. The molecule has 1 unspecified atom stereocenters. The van der Waals surface area contributed by atoms with Crippen LogP contribution in [-0.4, -0.2) is 17.7 Å². The third kappa shape index (κ3) is 1.19. The summed E-state index contributed by atoms with van der Waals surface area (Å²) in [6.45, 7) is 0.643. The number of aromatic carboxylic acids is 1. The minimum Gasteiger partial charge on any atom is -0.478 e. The Morgan fingerprint density at radius 2 is 2.17 bits per heavy atom. The van der Waals surface area contributed by atoms with Gasteiger partial charge in [-0.15, -0.1) is 0 Å². The Balaban J connectivity index is 2.43.